The average molecular weight is 99.2 g/mol. The largest absolute Gasteiger partial charge is 0.349 e. The molecule has 0 aromatic carbocycles. The minimum atomic E-state index is 0.476. The Morgan fingerprint density at radius 3 is 2.17 bits per heavy atom. The molecule has 0 aliphatic rings. The molecule has 34 valence electrons. The average Bonchev–Trinajstić information content (AvgIpc) is 1.35. The molecule has 0 unspecified atom stereocenters. The van der Waals surface area contributed by atoms with Gasteiger partial charge in [-0.15, -0.1) is 0 Å². The van der Waals surface area contributed by atoms with E-state index >= 15 is 0 Å². The van der Waals surface area contributed by atoms with E-state index in [2.05, 4.69) is 0 Å². The van der Waals surface area contributed by atoms with Gasteiger partial charge in [0.25, 0.3) is 0 Å². The number of hydrogen-bond donors (Lipinski definition) is 1. The second kappa shape index (κ2) is 3.12. The van der Waals surface area contributed by atoms with Crippen LogP contribution in [0.25, 0.3) is 0 Å². The lowest BCUT2D eigenvalue weighted by atomic mass is 10.4. The monoisotopic (exact) mass is 99.1 g/mol. The van der Waals surface area contributed by atoms with Crippen molar-refractivity contribution in [2.75, 3.05) is 0 Å². The zero-order valence-electron chi connectivity index (χ0n) is 4.15. The Hall–Kier alpha value is -0.0831. The van der Waals surface area contributed by atoms with Gasteiger partial charge in [-0.3, -0.25) is 0 Å². The third-order valence-corrected chi connectivity index (χ3v) is 1.12. The van der Waals surface area contributed by atoms with Crippen molar-refractivity contribution < 1.29 is 0 Å². The molecular weight excluding hydrogens is 90.1 g/mol. The molecule has 0 heterocycles. The summed E-state index contributed by atoms with van der Waals surface area (Å²) >= 11 is 0. The Kier molecular flexibility index (Phi) is 3.08. The summed E-state index contributed by atoms with van der Waals surface area (Å²) in [6.45, 7) is 4.08. The summed E-state index contributed by atoms with van der Waals surface area (Å²) in [5.41, 5.74) is 3.32. The van der Waals surface area contributed by atoms with Gasteiger partial charge in [0.1, 0.15) is 0 Å². The van der Waals surface area contributed by atoms with E-state index in [4.69, 9.17) is 5.40 Å². The molecule has 0 bridgehead atoms. The van der Waals surface area contributed by atoms with Crippen LogP contribution in [0.2, 0.25) is 0 Å². The quantitative estimate of drug-likeness (QED) is 0.476. The van der Waals surface area contributed by atoms with E-state index in [0.29, 0.717) is 9.68 Å². The molecule has 2 N–H and O–H groups in total. The van der Waals surface area contributed by atoms with E-state index < -0.39 is 0 Å². The zero-order valence-corrected chi connectivity index (χ0v) is 5.15. The number of nitrogens with two attached hydrogens (primary N) is 1. The summed E-state index contributed by atoms with van der Waals surface area (Å²) in [5.74, 6) is 0. The van der Waals surface area contributed by atoms with Gasteiger partial charge in [0.2, 0.25) is 0 Å². The summed E-state index contributed by atoms with van der Waals surface area (Å²) < 4.78 is 0. The van der Waals surface area contributed by atoms with Gasteiger partial charge in [-0.2, -0.15) is 0 Å². The molecule has 0 fully saturated rings. The highest BCUT2D eigenvalue weighted by atomic mass is 28.2. The fraction of sp³-hybridized carbons (Fsp3) is 0.500. The van der Waals surface area contributed by atoms with Crippen molar-refractivity contribution in [3.63, 3.8) is 0 Å². The first-order valence-electron chi connectivity index (χ1n) is 1.87. The molecule has 0 atom stereocenters. The molecule has 2 heteroatoms. The molecular formula is C4H9NSi. The van der Waals surface area contributed by atoms with Gasteiger partial charge in [-0.05, 0) is 13.8 Å². The van der Waals surface area contributed by atoms with E-state index in [-0.39, 0.29) is 0 Å². The molecule has 0 spiro atoms. The molecule has 0 saturated carbocycles. The maximum atomic E-state index is 5.18. The van der Waals surface area contributed by atoms with Crippen LogP contribution in [0.4, 0.5) is 0 Å². The fourth-order valence-electron chi connectivity index (χ4n) is 0.167. The van der Waals surface area contributed by atoms with Crippen molar-refractivity contribution in [2.24, 2.45) is 5.40 Å². The van der Waals surface area contributed by atoms with E-state index in [0.717, 1.165) is 0 Å². The summed E-state index contributed by atoms with van der Waals surface area (Å²) in [6.07, 6.45) is 0. The second-order valence-electron chi connectivity index (χ2n) is 1.39. The number of allylic oxidation sites excluding steroid dienone is 1. The highest BCUT2D eigenvalue weighted by Gasteiger charge is 1.69. The lowest BCUT2D eigenvalue weighted by Crippen LogP contribution is -1.99. The molecule has 0 aromatic rings. The third kappa shape index (κ3) is 3.92. The molecule has 0 saturated heterocycles. The van der Waals surface area contributed by atoms with Crippen LogP contribution in [-0.4, -0.2) is 9.68 Å². The molecule has 1 nitrogen and oxygen atoms in total. The second-order valence-corrected chi connectivity index (χ2v) is 2.01. The normalized spacial score (nSPS) is 7.83. The van der Waals surface area contributed by atoms with Crippen LogP contribution in [0.15, 0.2) is 11.3 Å². The SMILES string of the molecule is CC(C)=C[Si]N. The Morgan fingerprint density at radius 1 is 1.67 bits per heavy atom. The van der Waals surface area contributed by atoms with Crippen molar-refractivity contribution >= 4 is 9.68 Å². The molecule has 0 aromatic heterocycles. The molecule has 6 heavy (non-hydrogen) atoms. The Labute approximate surface area is 41.1 Å². The molecule has 0 aliphatic heterocycles. The van der Waals surface area contributed by atoms with Crippen LogP contribution < -0.4 is 5.40 Å². The lowest BCUT2D eigenvalue weighted by Gasteiger charge is -1.78. The van der Waals surface area contributed by atoms with Crippen molar-refractivity contribution in [2.45, 2.75) is 13.8 Å². The highest BCUT2D eigenvalue weighted by Crippen LogP contribution is 1.81. The Morgan fingerprint density at radius 2 is 2.17 bits per heavy atom. The van der Waals surface area contributed by atoms with Crippen molar-refractivity contribution in [1.82, 2.24) is 0 Å². The first kappa shape index (κ1) is 5.92. The van der Waals surface area contributed by atoms with Gasteiger partial charge in [-0.1, -0.05) is 11.3 Å². The van der Waals surface area contributed by atoms with E-state index in [9.17, 15) is 0 Å². The van der Waals surface area contributed by atoms with Crippen LogP contribution in [-0.2, 0) is 0 Å². The minimum absolute atomic E-state index is 0.476. The zero-order chi connectivity index (χ0) is 4.99. The first-order chi connectivity index (χ1) is 2.77. The van der Waals surface area contributed by atoms with E-state index in [1.54, 1.807) is 0 Å². The Bertz CT molecular complexity index is 54.6. The Balaban J connectivity index is 3.14. The van der Waals surface area contributed by atoms with Gasteiger partial charge in [0.15, 0.2) is 9.68 Å². The van der Waals surface area contributed by atoms with Gasteiger partial charge in [-0.25, -0.2) is 0 Å². The van der Waals surface area contributed by atoms with Crippen molar-refractivity contribution in [3.8, 4) is 0 Å². The standard InChI is InChI=1S/C4H9NSi/c1-4(2)3-6-5/h3H,5H2,1-2H3. The summed E-state index contributed by atoms with van der Waals surface area (Å²) in [4.78, 5) is 0. The van der Waals surface area contributed by atoms with Crippen LogP contribution in [0.1, 0.15) is 13.8 Å². The van der Waals surface area contributed by atoms with Crippen LogP contribution >= 0.6 is 0 Å². The predicted molar refractivity (Wildman–Crippen MR) is 29.4 cm³/mol. The predicted octanol–water partition coefficient (Wildman–Crippen LogP) is 0.488. The molecule has 0 rings (SSSR count). The van der Waals surface area contributed by atoms with Crippen molar-refractivity contribution in [3.05, 3.63) is 11.3 Å². The summed E-state index contributed by atoms with van der Waals surface area (Å²) in [7, 11) is 0.476. The number of hydrogen-bond acceptors (Lipinski definition) is 1. The fourth-order valence-corrected chi connectivity index (χ4v) is 0.500. The minimum Gasteiger partial charge on any atom is -0.349 e. The van der Waals surface area contributed by atoms with Crippen LogP contribution in [0.5, 0.6) is 0 Å². The maximum Gasteiger partial charge on any atom is 0.168 e. The molecule has 0 amide bonds. The highest BCUT2D eigenvalue weighted by molar-refractivity contribution is 6.38. The van der Waals surface area contributed by atoms with E-state index in [1.807, 2.05) is 19.5 Å². The molecule has 0 aliphatic carbocycles. The summed E-state index contributed by atoms with van der Waals surface area (Å²) in [6, 6.07) is 0. The van der Waals surface area contributed by atoms with Gasteiger partial charge >= 0.3 is 0 Å². The van der Waals surface area contributed by atoms with Crippen LogP contribution in [0.3, 0.4) is 0 Å². The third-order valence-electron chi connectivity index (χ3n) is 0.372. The van der Waals surface area contributed by atoms with Gasteiger partial charge < -0.3 is 5.40 Å². The van der Waals surface area contributed by atoms with Crippen molar-refractivity contribution in [1.29, 1.82) is 0 Å². The van der Waals surface area contributed by atoms with Gasteiger partial charge in [0, 0.05) is 0 Å². The topological polar surface area (TPSA) is 26.0 Å². The molecule has 2 radical (unpaired) electrons. The smallest absolute Gasteiger partial charge is 0.168 e. The number of rotatable bonds is 1. The first-order valence-corrected chi connectivity index (χ1v) is 3.02. The van der Waals surface area contributed by atoms with Gasteiger partial charge in [0.05, 0.1) is 0 Å². The maximum absolute atomic E-state index is 5.18. The van der Waals surface area contributed by atoms with Crippen LogP contribution in [0, 0.1) is 0 Å². The summed E-state index contributed by atoms with van der Waals surface area (Å²) in [5, 5.41) is 5.18. The van der Waals surface area contributed by atoms with E-state index in [1.165, 1.54) is 5.57 Å². The lowest BCUT2D eigenvalue weighted by molar-refractivity contribution is 1.41.